The Balaban J connectivity index is 1.43. The molecular weight excluding hydrogens is 511 g/mol. The molecule has 2 aliphatic heterocycles. The fourth-order valence-electron chi connectivity index (χ4n) is 4.66. The van der Waals surface area contributed by atoms with Crippen LogP contribution in [0.5, 0.6) is 5.75 Å². The molecule has 0 radical (unpaired) electrons. The first-order chi connectivity index (χ1) is 16.3. The van der Waals surface area contributed by atoms with Gasteiger partial charge in [0.25, 0.3) is 5.91 Å². The van der Waals surface area contributed by atoms with Gasteiger partial charge in [0, 0.05) is 30.2 Å². The molecule has 0 fully saturated rings. The van der Waals surface area contributed by atoms with E-state index in [2.05, 4.69) is 20.9 Å². The molecule has 1 amide bonds. The number of carbonyl (C=O) groups excluding carboxylic acids is 1. The minimum atomic E-state index is -4.26. The molecule has 0 saturated carbocycles. The van der Waals surface area contributed by atoms with E-state index in [1.54, 1.807) is 4.90 Å². The molecule has 3 heterocycles. The Labute approximate surface area is 203 Å². The molecule has 0 bridgehead atoms. The lowest BCUT2D eigenvalue weighted by Gasteiger charge is -2.35. The van der Waals surface area contributed by atoms with Gasteiger partial charge in [-0.1, -0.05) is 46.3 Å². The summed E-state index contributed by atoms with van der Waals surface area (Å²) in [5.41, 5.74) is 2.12. The molecule has 178 valence electrons. The van der Waals surface area contributed by atoms with Gasteiger partial charge in [0.15, 0.2) is 0 Å². The summed E-state index contributed by atoms with van der Waals surface area (Å²) in [4.78, 5) is 19.9. The first-order valence-electron chi connectivity index (χ1n) is 11.2. The van der Waals surface area contributed by atoms with Crippen LogP contribution in [-0.4, -0.2) is 39.2 Å². The van der Waals surface area contributed by atoms with Gasteiger partial charge in [0.05, 0.1) is 12.0 Å². The zero-order valence-corrected chi connectivity index (χ0v) is 19.8. The Morgan fingerprint density at radius 3 is 2.76 bits per heavy atom. The number of ether oxygens (including phenoxy) is 1. The Kier molecular flexibility index (Phi) is 6.14. The van der Waals surface area contributed by atoms with E-state index in [0.29, 0.717) is 25.4 Å². The molecule has 2 atom stereocenters. The van der Waals surface area contributed by atoms with E-state index in [1.165, 1.54) is 10.8 Å². The number of nitrogens with zero attached hydrogens (tertiary/aromatic N) is 3. The zero-order chi connectivity index (χ0) is 23.9. The molecule has 5 nitrogen and oxygen atoms in total. The summed E-state index contributed by atoms with van der Waals surface area (Å²) in [5, 5.41) is 0. The third-order valence-electron chi connectivity index (χ3n) is 6.48. The monoisotopic (exact) mass is 533 g/mol. The molecule has 2 unspecified atom stereocenters. The van der Waals surface area contributed by atoms with Gasteiger partial charge in [-0.15, -0.1) is 0 Å². The molecule has 0 spiro atoms. The summed E-state index contributed by atoms with van der Waals surface area (Å²) in [6.45, 7) is 0.479. The minimum Gasteiger partial charge on any atom is -0.491 e. The Bertz CT molecular complexity index is 1200. The second-order valence-corrected chi connectivity index (χ2v) is 9.73. The predicted molar refractivity (Wildman–Crippen MR) is 124 cm³/mol. The largest absolute Gasteiger partial charge is 0.491 e. The summed E-state index contributed by atoms with van der Waals surface area (Å²) in [6.07, 6.45) is -1.99. The molecule has 2 aliphatic rings. The average molecular weight is 534 g/mol. The number of hydrogen-bond donors (Lipinski definition) is 0. The van der Waals surface area contributed by atoms with Gasteiger partial charge in [-0.25, -0.2) is 4.98 Å². The van der Waals surface area contributed by atoms with Gasteiger partial charge in [-0.05, 0) is 42.2 Å². The van der Waals surface area contributed by atoms with Crippen LogP contribution in [0, 0.1) is 5.92 Å². The summed E-state index contributed by atoms with van der Waals surface area (Å²) in [5.74, 6) is -0.402. The maximum Gasteiger partial charge on any atom is 0.393 e. The predicted octanol–water partition coefficient (Wildman–Crippen LogP) is 5.42. The van der Waals surface area contributed by atoms with E-state index in [-0.39, 0.29) is 37.0 Å². The average Bonchev–Trinajstić information content (AvgIpc) is 3.25. The fourth-order valence-corrected chi connectivity index (χ4v) is 5.06. The lowest BCUT2D eigenvalue weighted by molar-refractivity contribution is -0.182. The van der Waals surface area contributed by atoms with E-state index in [9.17, 15) is 18.0 Å². The number of aryl methyl sites for hydroxylation is 1. The van der Waals surface area contributed by atoms with Crippen molar-refractivity contribution in [3.8, 4) is 5.75 Å². The number of fused-ring (bicyclic) bond motifs is 2. The summed E-state index contributed by atoms with van der Waals surface area (Å²) >= 11 is 3.49. The Morgan fingerprint density at radius 2 is 2.00 bits per heavy atom. The Hall–Kier alpha value is -2.81. The fraction of sp³-hybridized carbons (Fsp3) is 0.360. The van der Waals surface area contributed by atoms with Crippen LogP contribution in [0.4, 0.5) is 13.2 Å². The van der Waals surface area contributed by atoms with Crippen LogP contribution in [0.25, 0.3) is 0 Å². The van der Waals surface area contributed by atoms with Crippen molar-refractivity contribution < 1.29 is 22.7 Å². The van der Waals surface area contributed by atoms with Crippen molar-refractivity contribution in [2.24, 2.45) is 5.92 Å². The van der Waals surface area contributed by atoms with Gasteiger partial charge in [0.2, 0.25) is 0 Å². The first kappa shape index (κ1) is 23.0. The quantitative estimate of drug-likeness (QED) is 0.450. The topological polar surface area (TPSA) is 47.4 Å². The van der Waals surface area contributed by atoms with Crippen LogP contribution in [0.15, 0.2) is 59.2 Å². The second kappa shape index (κ2) is 9.09. The third kappa shape index (κ3) is 4.71. The smallest absolute Gasteiger partial charge is 0.393 e. The van der Waals surface area contributed by atoms with Crippen LogP contribution >= 0.6 is 15.9 Å². The van der Waals surface area contributed by atoms with Crippen molar-refractivity contribution in [2.75, 3.05) is 6.61 Å². The number of hydrogen-bond acceptors (Lipinski definition) is 3. The van der Waals surface area contributed by atoms with Crippen molar-refractivity contribution in [3.05, 3.63) is 81.8 Å². The molecule has 34 heavy (non-hydrogen) atoms. The number of aromatic nitrogens is 2. The maximum absolute atomic E-state index is 13.7. The number of alkyl halides is 3. The Morgan fingerprint density at radius 1 is 1.21 bits per heavy atom. The van der Waals surface area contributed by atoms with Crippen molar-refractivity contribution in [2.45, 2.75) is 44.6 Å². The van der Waals surface area contributed by atoms with E-state index < -0.39 is 12.1 Å². The summed E-state index contributed by atoms with van der Waals surface area (Å²) < 4.78 is 48.1. The van der Waals surface area contributed by atoms with Crippen LogP contribution < -0.4 is 4.74 Å². The standard InChI is InChI=1S/C25H23BrF3N3O2/c26-19-7-8-22-17(10-19)11-20(15-34-22)32(12-16-4-2-1-3-5-16)24(33)21-14-31-13-18(25(27,28)29)6-9-23(31)30-21/h1-5,7-8,10,14,18,20H,6,9,11-13,15H2. The molecular formula is C25H23BrF3N3O2. The van der Waals surface area contributed by atoms with Crippen LogP contribution in [0.2, 0.25) is 0 Å². The highest BCUT2D eigenvalue weighted by Crippen LogP contribution is 2.35. The van der Waals surface area contributed by atoms with Crippen LogP contribution in [0.3, 0.4) is 0 Å². The number of carbonyl (C=O) groups is 1. The van der Waals surface area contributed by atoms with Crippen LogP contribution in [0.1, 0.15) is 33.9 Å². The third-order valence-corrected chi connectivity index (χ3v) is 6.97. The highest BCUT2D eigenvalue weighted by molar-refractivity contribution is 9.10. The number of amides is 1. The van der Waals surface area contributed by atoms with Crippen molar-refractivity contribution in [1.82, 2.24) is 14.5 Å². The van der Waals surface area contributed by atoms with Gasteiger partial charge in [-0.3, -0.25) is 4.79 Å². The number of benzene rings is 2. The maximum atomic E-state index is 13.7. The zero-order valence-electron chi connectivity index (χ0n) is 18.3. The number of halogens is 4. The van der Waals surface area contributed by atoms with Gasteiger partial charge < -0.3 is 14.2 Å². The minimum absolute atomic E-state index is 0.00992. The van der Waals surface area contributed by atoms with Crippen molar-refractivity contribution >= 4 is 21.8 Å². The summed E-state index contributed by atoms with van der Waals surface area (Å²) in [7, 11) is 0. The number of rotatable bonds is 4. The van der Waals surface area contributed by atoms with Crippen molar-refractivity contribution in [1.29, 1.82) is 0 Å². The normalized spacial score (nSPS) is 19.6. The molecule has 2 aromatic carbocycles. The highest BCUT2D eigenvalue weighted by Gasteiger charge is 2.42. The van der Waals surface area contributed by atoms with E-state index >= 15 is 0 Å². The molecule has 1 aromatic heterocycles. The molecule has 3 aromatic rings. The first-order valence-corrected chi connectivity index (χ1v) is 12.0. The molecule has 5 rings (SSSR count). The molecule has 9 heteroatoms. The lowest BCUT2D eigenvalue weighted by Crippen LogP contribution is -2.46. The molecule has 0 saturated heterocycles. The second-order valence-electron chi connectivity index (χ2n) is 8.81. The molecule has 0 aliphatic carbocycles. The van der Waals surface area contributed by atoms with Gasteiger partial charge >= 0.3 is 6.18 Å². The van der Waals surface area contributed by atoms with E-state index in [0.717, 1.165) is 21.3 Å². The number of imidazole rings is 1. The SMILES string of the molecule is O=C(c1cn2c(n1)CCC(C(F)(F)F)C2)N(Cc1ccccc1)C1COc2ccc(Br)cc2C1. The molecule has 0 N–H and O–H groups in total. The highest BCUT2D eigenvalue weighted by atomic mass is 79.9. The summed E-state index contributed by atoms with van der Waals surface area (Å²) in [6, 6.07) is 15.2. The van der Waals surface area contributed by atoms with E-state index in [4.69, 9.17) is 4.74 Å². The lowest BCUT2D eigenvalue weighted by atomic mass is 9.99. The van der Waals surface area contributed by atoms with Gasteiger partial charge in [-0.2, -0.15) is 13.2 Å². The van der Waals surface area contributed by atoms with E-state index in [1.807, 2.05) is 48.5 Å². The van der Waals surface area contributed by atoms with Gasteiger partial charge in [0.1, 0.15) is 23.9 Å². The van der Waals surface area contributed by atoms with Crippen LogP contribution in [-0.2, 0) is 25.9 Å². The van der Waals surface area contributed by atoms with Crippen molar-refractivity contribution in [3.63, 3.8) is 0 Å².